The molecule has 0 radical (unpaired) electrons. The summed E-state index contributed by atoms with van der Waals surface area (Å²) in [6.45, 7) is -0.114. The van der Waals surface area contributed by atoms with Crippen molar-refractivity contribution in [1.29, 1.82) is 0 Å². The summed E-state index contributed by atoms with van der Waals surface area (Å²) >= 11 is 7.14. The van der Waals surface area contributed by atoms with Crippen molar-refractivity contribution in [2.45, 2.75) is 25.2 Å². The number of benzene rings is 1. The van der Waals surface area contributed by atoms with Crippen LogP contribution in [0.3, 0.4) is 0 Å². The zero-order valence-electron chi connectivity index (χ0n) is 20.1. The average Bonchev–Trinajstić information content (AvgIpc) is 3.57. The van der Waals surface area contributed by atoms with Crippen LogP contribution in [0.25, 0.3) is 17.2 Å². The van der Waals surface area contributed by atoms with Gasteiger partial charge >= 0.3 is 24.3 Å². The molecule has 41 heavy (non-hydrogen) atoms. The molecule has 2 aromatic heterocycles. The number of aliphatic carboxylic acids is 1. The maximum atomic E-state index is 13.2. The number of aromatic nitrogens is 1. The van der Waals surface area contributed by atoms with Crippen molar-refractivity contribution in [3.05, 3.63) is 62.5 Å². The minimum atomic E-state index is -4.99. The van der Waals surface area contributed by atoms with Crippen LogP contribution in [0.1, 0.15) is 28.1 Å². The van der Waals surface area contributed by atoms with Crippen LogP contribution in [0, 0.1) is 0 Å². The molecule has 17 heteroatoms. The lowest BCUT2D eigenvalue weighted by molar-refractivity contribution is -0.143. The molecular weight excluding hydrogens is 620 g/mol. The van der Waals surface area contributed by atoms with Crippen molar-refractivity contribution in [2.75, 3.05) is 11.9 Å². The van der Waals surface area contributed by atoms with E-state index in [-0.39, 0.29) is 51.1 Å². The Labute approximate surface area is 240 Å². The van der Waals surface area contributed by atoms with Crippen LogP contribution >= 0.6 is 35.3 Å². The second-order valence-electron chi connectivity index (χ2n) is 8.38. The molecule has 216 valence electrons. The molecule has 0 atom stereocenters. The summed E-state index contributed by atoms with van der Waals surface area (Å²) < 4.78 is 84.5. The van der Waals surface area contributed by atoms with Gasteiger partial charge in [0.25, 0.3) is 5.91 Å². The molecule has 1 fully saturated rings. The molecule has 1 aromatic carbocycles. The molecule has 1 aliphatic rings. The van der Waals surface area contributed by atoms with Gasteiger partial charge in [-0.3, -0.25) is 24.6 Å². The Morgan fingerprint density at radius 2 is 1.73 bits per heavy atom. The highest BCUT2D eigenvalue weighted by Gasteiger charge is 2.37. The van der Waals surface area contributed by atoms with Gasteiger partial charge in [0.1, 0.15) is 10.6 Å². The minimum absolute atomic E-state index is 0.0459. The van der Waals surface area contributed by atoms with Crippen molar-refractivity contribution in [3.63, 3.8) is 0 Å². The third kappa shape index (κ3) is 7.53. The first kappa shape index (κ1) is 30.3. The first-order valence-electron chi connectivity index (χ1n) is 11.2. The predicted molar refractivity (Wildman–Crippen MR) is 141 cm³/mol. The SMILES string of the molecule is O=C(O)Cc1coc(NC(=O)CCN2C(=O)C(=Cc3cc(-c4cc(C(F)(F)F)cc(C(F)(F)F)c4)cs3)SC2=S)n1. The summed E-state index contributed by atoms with van der Waals surface area (Å²) in [5.74, 6) is -2.27. The van der Waals surface area contributed by atoms with Gasteiger partial charge in [-0.25, -0.2) is 0 Å². The molecule has 0 bridgehead atoms. The van der Waals surface area contributed by atoms with Crippen molar-refractivity contribution in [3.8, 4) is 11.1 Å². The number of oxazole rings is 1. The lowest BCUT2D eigenvalue weighted by Gasteiger charge is -2.13. The smallest absolute Gasteiger partial charge is 0.416 e. The molecule has 0 spiro atoms. The molecular formula is C24H15F6N3O5S3. The molecule has 2 amide bonds. The number of thiophene rings is 1. The number of carboxylic acid groups (broad SMARTS) is 1. The number of nitrogens with zero attached hydrogens (tertiary/aromatic N) is 2. The third-order valence-corrected chi connectivity index (χ3v) is 7.64. The van der Waals surface area contributed by atoms with E-state index in [0.717, 1.165) is 34.3 Å². The number of carboxylic acids is 1. The number of rotatable bonds is 8. The number of alkyl halides is 6. The van der Waals surface area contributed by atoms with Gasteiger partial charge in [-0.15, -0.1) is 11.3 Å². The third-order valence-electron chi connectivity index (χ3n) is 5.38. The van der Waals surface area contributed by atoms with Gasteiger partial charge in [0.2, 0.25) is 5.91 Å². The molecule has 0 saturated carbocycles. The van der Waals surface area contributed by atoms with Crippen molar-refractivity contribution >= 4 is 69.5 Å². The number of thiocarbonyl (C=S) groups is 1. The summed E-state index contributed by atoms with van der Waals surface area (Å²) in [6.07, 6.45) is -8.11. The van der Waals surface area contributed by atoms with Crippen molar-refractivity contribution < 1.29 is 50.2 Å². The lowest BCUT2D eigenvalue weighted by Crippen LogP contribution is -2.31. The maximum Gasteiger partial charge on any atom is 0.416 e. The van der Waals surface area contributed by atoms with Crippen molar-refractivity contribution in [2.24, 2.45) is 0 Å². The van der Waals surface area contributed by atoms with Gasteiger partial charge in [-0.2, -0.15) is 31.3 Å². The van der Waals surface area contributed by atoms with Gasteiger partial charge in [-0.1, -0.05) is 24.0 Å². The fourth-order valence-corrected chi connectivity index (χ4v) is 5.74. The van der Waals surface area contributed by atoms with Crippen LogP contribution in [0.2, 0.25) is 0 Å². The van der Waals surface area contributed by atoms with E-state index in [4.69, 9.17) is 21.7 Å². The Morgan fingerprint density at radius 3 is 2.34 bits per heavy atom. The number of nitrogens with one attached hydrogen (secondary N) is 1. The number of anilines is 1. The Kier molecular flexibility index (Phi) is 8.60. The molecule has 1 aliphatic heterocycles. The first-order chi connectivity index (χ1) is 19.1. The number of hydrogen-bond donors (Lipinski definition) is 2. The highest BCUT2D eigenvalue weighted by molar-refractivity contribution is 8.26. The summed E-state index contributed by atoms with van der Waals surface area (Å²) in [5, 5.41) is 12.5. The van der Waals surface area contributed by atoms with Gasteiger partial charge in [-0.05, 0) is 46.8 Å². The fraction of sp³-hybridized carbons (Fsp3) is 0.208. The molecule has 1 saturated heterocycles. The molecule has 3 heterocycles. The molecule has 0 aliphatic carbocycles. The highest BCUT2D eigenvalue weighted by atomic mass is 32.2. The maximum absolute atomic E-state index is 13.2. The standard InChI is InChI=1S/C24H15F6N3O5S3/c25-23(26,27)13-3-11(4-14(6-13)24(28,29)30)12-5-16(40-10-12)8-17-20(37)33(22(39)41-17)2-1-18(34)32-21-31-15(9-38-21)7-19(35)36/h3-6,8-10H,1-2,7H2,(H,35,36)(H,31,32,34). The molecule has 0 unspecified atom stereocenters. The summed E-state index contributed by atoms with van der Waals surface area (Å²) in [7, 11) is 0. The van der Waals surface area contributed by atoms with E-state index in [1.165, 1.54) is 17.5 Å². The van der Waals surface area contributed by atoms with E-state index in [1.807, 2.05) is 0 Å². The first-order valence-corrected chi connectivity index (χ1v) is 13.3. The monoisotopic (exact) mass is 635 g/mol. The highest BCUT2D eigenvalue weighted by Crippen LogP contribution is 2.40. The Bertz CT molecular complexity index is 1530. The Hall–Kier alpha value is -3.70. The second-order valence-corrected chi connectivity index (χ2v) is 11.0. The molecule has 3 aromatic rings. The van der Waals surface area contributed by atoms with E-state index >= 15 is 0 Å². The molecule has 8 nitrogen and oxygen atoms in total. The van der Waals surface area contributed by atoms with E-state index in [1.54, 1.807) is 0 Å². The average molecular weight is 636 g/mol. The van der Waals surface area contributed by atoms with Gasteiger partial charge in [0.05, 0.1) is 28.1 Å². The normalized spacial score (nSPS) is 15.2. The quantitative estimate of drug-likeness (QED) is 0.169. The molecule has 2 N–H and O–H groups in total. The number of halogens is 6. The lowest BCUT2D eigenvalue weighted by atomic mass is 10.0. The van der Waals surface area contributed by atoms with E-state index < -0.39 is 47.7 Å². The van der Waals surface area contributed by atoms with Crippen LogP contribution in [-0.4, -0.2) is 43.6 Å². The van der Waals surface area contributed by atoms with Gasteiger partial charge < -0.3 is 9.52 Å². The van der Waals surface area contributed by atoms with Gasteiger partial charge in [0, 0.05) is 17.8 Å². The van der Waals surface area contributed by atoms with E-state index in [2.05, 4.69) is 10.3 Å². The number of hydrogen-bond acceptors (Lipinski definition) is 8. The van der Waals surface area contributed by atoms with Crippen LogP contribution in [0.15, 0.2) is 45.2 Å². The van der Waals surface area contributed by atoms with Crippen molar-refractivity contribution in [1.82, 2.24) is 9.88 Å². The summed E-state index contributed by atoms with van der Waals surface area (Å²) in [4.78, 5) is 41.3. The number of thioether (sulfide) groups is 1. The van der Waals surface area contributed by atoms with Crippen LogP contribution in [-0.2, 0) is 33.2 Å². The predicted octanol–water partition coefficient (Wildman–Crippen LogP) is 6.30. The zero-order valence-corrected chi connectivity index (χ0v) is 22.6. The van der Waals surface area contributed by atoms with E-state index in [9.17, 15) is 40.7 Å². The number of carbonyl (C=O) groups is 3. The summed E-state index contributed by atoms with van der Waals surface area (Å²) in [5.41, 5.74) is -2.97. The number of carbonyl (C=O) groups excluding carboxylic acids is 2. The zero-order chi connectivity index (χ0) is 30.1. The second kappa shape index (κ2) is 11.7. The molecule has 4 rings (SSSR count). The minimum Gasteiger partial charge on any atom is -0.481 e. The topological polar surface area (TPSA) is 113 Å². The van der Waals surface area contributed by atoms with Crippen LogP contribution in [0.4, 0.5) is 32.4 Å². The van der Waals surface area contributed by atoms with Crippen LogP contribution < -0.4 is 5.32 Å². The Morgan fingerprint density at radius 1 is 1.07 bits per heavy atom. The van der Waals surface area contributed by atoms with Gasteiger partial charge in [0.15, 0.2) is 0 Å². The largest absolute Gasteiger partial charge is 0.481 e. The van der Waals surface area contributed by atoms with Crippen LogP contribution in [0.5, 0.6) is 0 Å². The van der Waals surface area contributed by atoms with E-state index in [0.29, 0.717) is 17.0 Å². The summed E-state index contributed by atoms with van der Waals surface area (Å²) in [6, 6.07) is 2.43. The fourth-order valence-electron chi connectivity index (χ4n) is 3.52. The Balaban J connectivity index is 1.44. The number of amides is 2.